The molecule has 0 saturated carbocycles. The van der Waals surface area contributed by atoms with Crippen LogP contribution in [0.15, 0.2) is 41.4 Å². The highest BCUT2D eigenvalue weighted by molar-refractivity contribution is 7.89. The Morgan fingerprint density at radius 1 is 1.15 bits per heavy atom. The predicted octanol–water partition coefficient (Wildman–Crippen LogP) is 1.10. The lowest BCUT2D eigenvalue weighted by molar-refractivity contribution is -0.139. The number of carbonyl (C=O) groups excluding carboxylic acids is 1. The molecule has 2 amide bonds. The topological polar surface area (TPSA) is 187 Å². The zero-order chi connectivity index (χ0) is 28.7. The summed E-state index contributed by atoms with van der Waals surface area (Å²) in [5.41, 5.74) is 1.82. The van der Waals surface area contributed by atoms with Crippen molar-refractivity contribution in [1.29, 1.82) is 0 Å². The number of nitrogens with zero attached hydrogens (tertiary/aromatic N) is 2. The highest BCUT2D eigenvalue weighted by Crippen LogP contribution is 2.22. The van der Waals surface area contributed by atoms with Gasteiger partial charge in [0.25, 0.3) is 0 Å². The van der Waals surface area contributed by atoms with Crippen LogP contribution in [0.4, 0.5) is 10.6 Å². The minimum atomic E-state index is -4.19. The van der Waals surface area contributed by atoms with Crippen molar-refractivity contribution in [3.8, 4) is 0 Å². The van der Waals surface area contributed by atoms with Gasteiger partial charge in [-0.05, 0) is 50.5 Å². The third-order valence-corrected chi connectivity index (χ3v) is 8.00. The summed E-state index contributed by atoms with van der Waals surface area (Å²) in [6.07, 6.45) is 0.283. The predicted molar refractivity (Wildman–Crippen MR) is 141 cm³/mol. The number of anilines is 1. The van der Waals surface area contributed by atoms with Crippen LogP contribution in [0, 0.1) is 20.8 Å². The molecule has 1 aromatic heterocycles. The number of rotatable bonds is 12. The summed E-state index contributed by atoms with van der Waals surface area (Å²) < 4.78 is 33.6. The van der Waals surface area contributed by atoms with Crippen LogP contribution in [0.2, 0.25) is 0 Å². The van der Waals surface area contributed by atoms with E-state index in [0.717, 1.165) is 5.56 Å². The third kappa shape index (κ3) is 8.12. The maximum atomic E-state index is 12.9. The molecule has 0 radical (unpaired) electrons. The minimum absolute atomic E-state index is 0.00897. The molecule has 0 bridgehead atoms. The number of amides is 2. The molecule has 1 saturated heterocycles. The van der Waals surface area contributed by atoms with Gasteiger partial charge in [-0.3, -0.25) is 9.59 Å². The van der Waals surface area contributed by atoms with Crippen LogP contribution in [-0.2, 0) is 24.3 Å². The van der Waals surface area contributed by atoms with Gasteiger partial charge in [0.2, 0.25) is 15.9 Å². The first kappa shape index (κ1) is 29.8. The van der Waals surface area contributed by atoms with E-state index in [1.165, 1.54) is 4.90 Å². The quantitative estimate of drug-likeness (QED) is 0.250. The molecule has 1 aliphatic rings. The fraction of sp³-hybridized carbons (Fsp3) is 0.440. The number of aryl methyl sites for hydroxylation is 3. The minimum Gasteiger partial charge on any atom is -0.480 e. The number of nitrogens with one attached hydrogen (secondary N) is 3. The summed E-state index contributed by atoms with van der Waals surface area (Å²) in [5.74, 6) is -1.53. The average molecular weight is 564 g/mol. The standard InChI is InChI=1S/C25H33N5O8S/c1-15-8-16(2)23(17(3)9-15)39(36,37)29-20(24(32)33)12-28-22(31)14-38-19-10-18(30(13-19)25(34)35)11-27-21-6-4-5-7-26-21/h4-9,18-20,29H,10-14H2,1-3H3,(H,26,27)(H,28,31)(H,32,33)(H,34,35). The molecular formula is C25H33N5O8S. The molecule has 5 N–H and O–H groups in total. The average Bonchev–Trinajstić information content (AvgIpc) is 3.27. The van der Waals surface area contributed by atoms with Crippen LogP contribution in [0.3, 0.4) is 0 Å². The first-order valence-electron chi connectivity index (χ1n) is 12.2. The van der Waals surface area contributed by atoms with Crippen molar-refractivity contribution in [3.05, 3.63) is 53.2 Å². The number of likely N-dealkylation sites (tertiary alicyclic amines) is 1. The smallest absolute Gasteiger partial charge is 0.407 e. The van der Waals surface area contributed by atoms with Crippen LogP contribution in [0.25, 0.3) is 0 Å². The van der Waals surface area contributed by atoms with Crippen molar-refractivity contribution in [2.24, 2.45) is 0 Å². The number of ether oxygens (including phenoxy) is 1. The number of aromatic nitrogens is 1. The van der Waals surface area contributed by atoms with E-state index >= 15 is 0 Å². The highest BCUT2D eigenvalue weighted by Gasteiger charge is 2.36. The lowest BCUT2D eigenvalue weighted by Crippen LogP contribution is -2.49. The van der Waals surface area contributed by atoms with E-state index in [4.69, 9.17) is 4.74 Å². The zero-order valence-electron chi connectivity index (χ0n) is 21.9. The molecule has 0 spiro atoms. The van der Waals surface area contributed by atoms with Gasteiger partial charge in [-0.25, -0.2) is 18.2 Å². The Bertz CT molecular complexity index is 1280. The number of hydrogen-bond acceptors (Lipinski definition) is 8. The summed E-state index contributed by atoms with van der Waals surface area (Å²) in [6, 6.07) is 6.67. The maximum absolute atomic E-state index is 12.9. The van der Waals surface area contributed by atoms with E-state index in [-0.39, 0.29) is 11.4 Å². The molecule has 13 nitrogen and oxygen atoms in total. The fourth-order valence-electron chi connectivity index (χ4n) is 4.59. The lowest BCUT2D eigenvalue weighted by atomic mass is 10.1. The van der Waals surface area contributed by atoms with Crippen molar-refractivity contribution in [2.75, 3.05) is 31.6 Å². The van der Waals surface area contributed by atoms with Crippen molar-refractivity contribution >= 4 is 33.8 Å². The molecule has 0 aliphatic carbocycles. The van der Waals surface area contributed by atoms with E-state index in [2.05, 4.69) is 20.3 Å². The molecule has 3 atom stereocenters. The van der Waals surface area contributed by atoms with Gasteiger partial charge in [-0.2, -0.15) is 4.72 Å². The van der Waals surface area contributed by atoms with Crippen molar-refractivity contribution in [1.82, 2.24) is 19.9 Å². The number of sulfonamides is 1. The van der Waals surface area contributed by atoms with E-state index < -0.39 is 59.3 Å². The van der Waals surface area contributed by atoms with Crippen LogP contribution in [0.5, 0.6) is 0 Å². The summed E-state index contributed by atoms with van der Waals surface area (Å²) in [5, 5.41) is 24.5. The molecule has 2 heterocycles. The Labute approximate surface area is 226 Å². The van der Waals surface area contributed by atoms with Crippen LogP contribution >= 0.6 is 0 Å². The van der Waals surface area contributed by atoms with E-state index in [1.807, 2.05) is 6.92 Å². The zero-order valence-corrected chi connectivity index (χ0v) is 22.7. The SMILES string of the molecule is Cc1cc(C)c(S(=O)(=O)NC(CNC(=O)COC2CC(CNc3ccccn3)N(C(=O)O)C2)C(=O)O)c(C)c1. The van der Waals surface area contributed by atoms with Crippen molar-refractivity contribution in [3.63, 3.8) is 0 Å². The van der Waals surface area contributed by atoms with Crippen molar-refractivity contribution < 1.29 is 37.8 Å². The molecule has 3 unspecified atom stereocenters. The highest BCUT2D eigenvalue weighted by atomic mass is 32.2. The van der Waals surface area contributed by atoms with Crippen LogP contribution in [0.1, 0.15) is 23.1 Å². The van der Waals surface area contributed by atoms with Crippen LogP contribution in [-0.4, -0.2) is 90.9 Å². The number of carbonyl (C=O) groups is 3. The molecule has 2 aromatic rings. The van der Waals surface area contributed by atoms with Gasteiger partial charge in [0, 0.05) is 19.3 Å². The Morgan fingerprint density at radius 2 is 1.85 bits per heavy atom. The van der Waals surface area contributed by atoms with Gasteiger partial charge in [0.15, 0.2) is 0 Å². The second-order valence-corrected chi connectivity index (χ2v) is 11.0. The number of carboxylic acids is 1. The summed E-state index contributed by atoms with van der Waals surface area (Å²) in [4.78, 5) is 41.1. The lowest BCUT2D eigenvalue weighted by Gasteiger charge is -2.21. The molecule has 39 heavy (non-hydrogen) atoms. The number of benzene rings is 1. The summed E-state index contributed by atoms with van der Waals surface area (Å²) in [6.45, 7) is 4.47. The molecule has 14 heteroatoms. The Hall–Kier alpha value is -3.75. The Morgan fingerprint density at radius 3 is 2.44 bits per heavy atom. The number of pyridine rings is 1. The van der Waals surface area contributed by atoms with Gasteiger partial charge < -0.3 is 30.5 Å². The first-order valence-corrected chi connectivity index (χ1v) is 13.7. The van der Waals surface area contributed by atoms with Gasteiger partial charge in [-0.1, -0.05) is 23.8 Å². The summed E-state index contributed by atoms with van der Waals surface area (Å²) in [7, 11) is -4.19. The van der Waals surface area contributed by atoms with Crippen LogP contribution < -0.4 is 15.4 Å². The molecule has 212 valence electrons. The van der Waals surface area contributed by atoms with E-state index in [1.54, 1.807) is 50.4 Å². The molecule has 1 fully saturated rings. The Kier molecular flexibility index (Phi) is 9.83. The molecule has 3 rings (SSSR count). The number of aliphatic carboxylic acids is 1. The summed E-state index contributed by atoms with van der Waals surface area (Å²) >= 11 is 0. The van der Waals surface area contributed by atoms with E-state index in [9.17, 15) is 33.0 Å². The van der Waals surface area contributed by atoms with Gasteiger partial charge in [0.1, 0.15) is 18.5 Å². The number of carboxylic acid groups (broad SMARTS) is 2. The fourth-order valence-corrected chi connectivity index (χ4v) is 6.23. The second-order valence-electron chi connectivity index (χ2n) is 9.40. The van der Waals surface area contributed by atoms with Crippen molar-refractivity contribution in [2.45, 2.75) is 50.3 Å². The first-order chi connectivity index (χ1) is 18.4. The maximum Gasteiger partial charge on any atom is 0.407 e. The normalized spacial score (nSPS) is 18.0. The molecule has 1 aliphatic heterocycles. The molecular weight excluding hydrogens is 530 g/mol. The van der Waals surface area contributed by atoms with Gasteiger partial charge in [0.05, 0.1) is 23.6 Å². The Balaban J connectivity index is 1.52. The number of hydrogen-bond donors (Lipinski definition) is 5. The van der Waals surface area contributed by atoms with Gasteiger partial charge in [-0.15, -0.1) is 0 Å². The molecule has 1 aromatic carbocycles. The second kappa shape index (κ2) is 12.9. The third-order valence-electron chi connectivity index (χ3n) is 6.23. The largest absolute Gasteiger partial charge is 0.480 e. The van der Waals surface area contributed by atoms with E-state index in [0.29, 0.717) is 29.9 Å². The van der Waals surface area contributed by atoms with Gasteiger partial charge >= 0.3 is 12.1 Å². The monoisotopic (exact) mass is 563 g/mol.